The van der Waals surface area contributed by atoms with Crippen molar-refractivity contribution in [2.75, 3.05) is 4.90 Å². The molecule has 198 valence electrons. The molecule has 1 atom stereocenters. The maximum absolute atomic E-state index is 2.45. The van der Waals surface area contributed by atoms with E-state index in [1.807, 2.05) is 0 Å². The summed E-state index contributed by atoms with van der Waals surface area (Å²) in [6, 6.07) is 45.0. The van der Waals surface area contributed by atoms with Crippen LogP contribution in [0.25, 0.3) is 16.7 Å². The van der Waals surface area contributed by atoms with Crippen LogP contribution >= 0.6 is 0 Å². The zero-order valence-corrected chi connectivity index (χ0v) is 23.2. The summed E-state index contributed by atoms with van der Waals surface area (Å²) in [7, 11) is 0. The van der Waals surface area contributed by atoms with E-state index in [0.717, 1.165) is 6.42 Å². The molecule has 4 aliphatic rings. The Hall–Kier alpha value is -5.14. The van der Waals surface area contributed by atoms with Crippen LogP contribution < -0.4 is 4.90 Å². The Labute approximate surface area is 247 Å². The molecule has 1 nitrogen and oxygen atoms in total. The molecule has 1 heterocycles. The summed E-state index contributed by atoms with van der Waals surface area (Å²) in [6.07, 6.45) is 14.9. The van der Waals surface area contributed by atoms with Gasteiger partial charge >= 0.3 is 0 Å². The fourth-order valence-electron chi connectivity index (χ4n) is 8.00. The highest BCUT2D eigenvalue weighted by Crippen LogP contribution is 2.64. The molecule has 1 unspecified atom stereocenters. The van der Waals surface area contributed by atoms with E-state index in [2.05, 4.69) is 163 Å². The molecule has 0 bridgehead atoms. The summed E-state index contributed by atoms with van der Waals surface area (Å²) < 4.78 is 0. The van der Waals surface area contributed by atoms with Crippen molar-refractivity contribution in [2.24, 2.45) is 5.92 Å². The Morgan fingerprint density at radius 3 is 1.98 bits per heavy atom. The highest BCUT2D eigenvalue weighted by Gasteiger charge is 2.52. The zero-order chi connectivity index (χ0) is 27.7. The van der Waals surface area contributed by atoms with E-state index in [1.165, 1.54) is 67.2 Å². The van der Waals surface area contributed by atoms with E-state index in [0.29, 0.717) is 5.92 Å². The van der Waals surface area contributed by atoms with Gasteiger partial charge in [0, 0.05) is 11.6 Å². The van der Waals surface area contributed by atoms with Gasteiger partial charge in [0.1, 0.15) is 0 Å². The quantitative estimate of drug-likeness (QED) is 0.213. The molecule has 5 aromatic rings. The first-order chi connectivity index (χ1) is 20.9. The second-order valence-electron chi connectivity index (χ2n) is 11.6. The third-order valence-electron chi connectivity index (χ3n) is 9.58. The molecule has 0 aromatic heterocycles. The summed E-state index contributed by atoms with van der Waals surface area (Å²) in [5.41, 5.74) is 15.3. The summed E-state index contributed by atoms with van der Waals surface area (Å²) >= 11 is 0. The van der Waals surface area contributed by atoms with Crippen molar-refractivity contribution < 1.29 is 0 Å². The number of allylic oxidation sites excluding steroid dienone is 8. The molecule has 0 saturated carbocycles. The summed E-state index contributed by atoms with van der Waals surface area (Å²) in [6.45, 7) is 0. The van der Waals surface area contributed by atoms with Crippen LogP contribution in [0.4, 0.5) is 17.1 Å². The molecular formula is C41H29N. The Balaban J connectivity index is 1.44. The van der Waals surface area contributed by atoms with E-state index in [1.54, 1.807) is 0 Å². The average Bonchev–Trinajstić information content (AvgIpc) is 3.36. The van der Waals surface area contributed by atoms with Crippen molar-refractivity contribution >= 4 is 22.6 Å². The van der Waals surface area contributed by atoms with Gasteiger partial charge in [-0.3, -0.25) is 0 Å². The molecule has 0 saturated heterocycles. The molecule has 0 amide bonds. The van der Waals surface area contributed by atoms with Gasteiger partial charge in [-0.15, -0.1) is 0 Å². The average molecular weight is 536 g/mol. The minimum atomic E-state index is -0.455. The number of nitrogens with zero attached hydrogens (tertiary/aromatic N) is 1. The molecule has 42 heavy (non-hydrogen) atoms. The Bertz CT molecular complexity index is 1970. The number of hydrogen-bond donors (Lipinski definition) is 0. The van der Waals surface area contributed by atoms with Crippen LogP contribution in [0.2, 0.25) is 0 Å². The fraction of sp³-hybridized carbons (Fsp3) is 0.0732. The van der Waals surface area contributed by atoms with Gasteiger partial charge in [0.15, 0.2) is 0 Å². The highest BCUT2D eigenvalue weighted by atomic mass is 15.2. The van der Waals surface area contributed by atoms with Crippen LogP contribution in [0.5, 0.6) is 0 Å². The number of rotatable bonds is 2. The maximum atomic E-state index is 2.45. The van der Waals surface area contributed by atoms with E-state index in [4.69, 9.17) is 0 Å². The third-order valence-corrected chi connectivity index (χ3v) is 9.58. The predicted molar refractivity (Wildman–Crippen MR) is 174 cm³/mol. The van der Waals surface area contributed by atoms with Crippen molar-refractivity contribution in [3.63, 3.8) is 0 Å². The van der Waals surface area contributed by atoms with Gasteiger partial charge < -0.3 is 4.90 Å². The summed E-state index contributed by atoms with van der Waals surface area (Å²) in [4.78, 5) is 2.45. The van der Waals surface area contributed by atoms with Crippen molar-refractivity contribution in [1.29, 1.82) is 0 Å². The van der Waals surface area contributed by atoms with Crippen LogP contribution in [0.15, 0.2) is 163 Å². The smallest absolute Gasteiger partial charge is 0.0760 e. The predicted octanol–water partition coefficient (Wildman–Crippen LogP) is 10.3. The van der Waals surface area contributed by atoms with Crippen LogP contribution in [-0.2, 0) is 5.41 Å². The topological polar surface area (TPSA) is 3.24 Å². The Morgan fingerprint density at radius 1 is 0.548 bits per heavy atom. The normalized spacial score (nSPS) is 18.4. The number of fused-ring (bicyclic) bond motifs is 10. The minimum absolute atomic E-state index is 0.421. The molecule has 9 rings (SSSR count). The van der Waals surface area contributed by atoms with Crippen molar-refractivity contribution in [3.8, 4) is 11.1 Å². The van der Waals surface area contributed by atoms with Crippen LogP contribution in [0.1, 0.15) is 34.2 Å². The van der Waals surface area contributed by atoms with Crippen LogP contribution in [0, 0.1) is 5.92 Å². The van der Waals surface area contributed by atoms with Crippen LogP contribution in [0.3, 0.4) is 0 Å². The molecule has 0 fully saturated rings. The number of anilines is 3. The monoisotopic (exact) mass is 535 g/mol. The summed E-state index contributed by atoms with van der Waals surface area (Å²) in [5, 5.41) is 0. The van der Waals surface area contributed by atoms with Gasteiger partial charge in [-0.2, -0.15) is 0 Å². The molecule has 0 radical (unpaired) electrons. The van der Waals surface area contributed by atoms with Gasteiger partial charge in [-0.1, -0.05) is 134 Å². The SMILES string of the molecule is C1=CC2=C(c3cccc4c3C3(c5ccccc5-4)c4ccccc4N(c4ccccc4)c4ccccc43)C=CCC2C=C1. The molecule has 3 aliphatic carbocycles. The molecule has 0 N–H and O–H groups in total. The second kappa shape index (κ2) is 8.93. The summed E-state index contributed by atoms with van der Waals surface area (Å²) in [5.74, 6) is 0.421. The molecule has 1 spiro atoms. The number of hydrogen-bond acceptors (Lipinski definition) is 1. The molecule has 1 aliphatic heterocycles. The Kier molecular flexibility index (Phi) is 5.01. The van der Waals surface area contributed by atoms with Crippen molar-refractivity contribution in [2.45, 2.75) is 11.8 Å². The highest BCUT2D eigenvalue weighted by molar-refractivity contribution is 5.99. The molecule has 1 heteroatoms. The minimum Gasteiger partial charge on any atom is -0.310 e. The number of para-hydroxylation sites is 3. The lowest BCUT2D eigenvalue weighted by atomic mass is 9.63. The lowest BCUT2D eigenvalue weighted by Crippen LogP contribution is -2.36. The van der Waals surface area contributed by atoms with E-state index in [9.17, 15) is 0 Å². The maximum Gasteiger partial charge on any atom is 0.0760 e. The third kappa shape index (κ3) is 3.03. The molecule has 5 aromatic carbocycles. The van der Waals surface area contributed by atoms with Gasteiger partial charge in [0.2, 0.25) is 0 Å². The first kappa shape index (κ1) is 23.6. The van der Waals surface area contributed by atoms with Gasteiger partial charge in [-0.05, 0) is 80.8 Å². The molecular weight excluding hydrogens is 506 g/mol. The van der Waals surface area contributed by atoms with Gasteiger partial charge in [-0.25, -0.2) is 0 Å². The fourth-order valence-corrected chi connectivity index (χ4v) is 8.00. The lowest BCUT2D eigenvalue weighted by Gasteiger charge is -2.45. The van der Waals surface area contributed by atoms with Gasteiger partial charge in [0.25, 0.3) is 0 Å². The number of benzene rings is 5. The van der Waals surface area contributed by atoms with Crippen molar-refractivity contribution in [3.05, 3.63) is 191 Å². The second-order valence-corrected chi connectivity index (χ2v) is 11.6. The largest absolute Gasteiger partial charge is 0.310 e. The van der Waals surface area contributed by atoms with Gasteiger partial charge in [0.05, 0.1) is 16.8 Å². The van der Waals surface area contributed by atoms with E-state index in [-0.39, 0.29) is 0 Å². The zero-order valence-electron chi connectivity index (χ0n) is 23.2. The first-order valence-electron chi connectivity index (χ1n) is 14.9. The van der Waals surface area contributed by atoms with E-state index >= 15 is 0 Å². The van der Waals surface area contributed by atoms with Crippen LogP contribution in [-0.4, -0.2) is 0 Å². The Morgan fingerprint density at radius 2 is 1.19 bits per heavy atom. The van der Waals surface area contributed by atoms with Crippen molar-refractivity contribution in [1.82, 2.24) is 0 Å². The standard InChI is InChI=1S/C41H29N/c1-2-16-29(17-3-1)42-38-26-10-8-24-36(38)41(37-25-9-11-27-39(37)42)35-23-7-6-19-32(35)34-22-13-21-33(40(34)41)31-20-12-15-28-14-4-5-18-30(28)31/h1-14,16-28H,15H2. The lowest BCUT2D eigenvalue weighted by molar-refractivity contribution is 0.748. The van der Waals surface area contributed by atoms with E-state index < -0.39 is 5.41 Å². The first-order valence-corrected chi connectivity index (χ1v) is 14.9.